The van der Waals surface area contributed by atoms with E-state index in [1.54, 1.807) is 6.20 Å². The number of ether oxygens (including phenoxy) is 1. The lowest BCUT2D eigenvalue weighted by atomic mass is 9.95. The third-order valence-electron chi connectivity index (χ3n) is 3.53. The van der Waals surface area contributed by atoms with Crippen LogP contribution in [0.15, 0.2) is 6.20 Å². The van der Waals surface area contributed by atoms with Gasteiger partial charge in [0.15, 0.2) is 5.78 Å². The van der Waals surface area contributed by atoms with Crippen LogP contribution in [0.3, 0.4) is 0 Å². The van der Waals surface area contributed by atoms with E-state index in [1.807, 2.05) is 0 Å². The second-order valence-electron chi connectivity index (χ2n) is 4.78. The Bertz CT molecular complexity index is 439. The van der Waals surface area contributed by atoms with E-state index in [-0.39, 0.29) is 5.78 Å². The Morgan fingerprint density at radius 1 is 1.29 bits per heavy atom. The average Bonchev–Trinajstić information content (AvgIpc) is 2.40. The molecule has 0 saturated carbocycles. The molecule has 0 N–H and O–H groups in total. The van der Waals surface area contributed by atoms with Gasteiger partial charge < -0.3 is 4.74 Å². The third kappa shape index (κ3) is 2.09. The number of aryl methyl sites for hydroxylation is 1. The summed E-state index contributed by atoms with van der Waals surface area (Å²) in [4.78, 5) is 20.6. The second kappa shape index (κ2) is 4.53. The SMILES string of the molecule is O=C1CCCc2nc(C3CCCOC3)ncc21. The predicted octanol–water partition coefficient (Wildman–Crippen LogP) is 1.89. The molecule has 1 atom stereocenters. The fourth-order valence-electron chi connectivity index (χ4n) is 2.55. The van der Waals surface area contributed by atoms with E-state index in [9.17, 15) is 4.79 Å². The fourth-order valence-corrected chi connectivity index (χ4v) is 2.55. The zero-order chi connectivity index (χ0) is 11.7. The highest BCUT2D eigenvalue weighted by molar-refractivity contribution is 5.97. The number of nitrogens with zero attached hydrogens (tertiary/aromatic N) is 2. The van der Waals surface area contributed by atoms with Gasteiger partial charge in [0.1, 0.15) is 5.82 Å². The number of rotatable bonds is 1. The van der Waals surface area contributed by atoms with Crippen molar-refractivity contribution in [2.24, 2.45) is 0 Å². The molecule has 0 spiro atoms. The lowest BCUT2D eigenvalue weighted by molar-refractivity contribution is 0.0779. The number of ketones is 1. The molecule has 1 saturated heterocycles. The Balaban J connectivity index is 1.89. The normalized spacial score (nSPS) is 24.5. The maximum Gasteiger partial charge on any atom is 0.166 e. The van der Waals surface area contributed by atoms with Gasteiger partial charge in [-0.3, -0.25) is 4.79 Å². The Labute approximate surface area is 100 Å². The predicted molar refractivity (Wildman–Crippen MR) is 62.1 cm³/mol. The molecule has 3 rings (SSSR count). The lowest BCUT2D eigenvalue weighted by Gasteiger charge is -2.22. The second-order valence-corrected chi connectivity index (χ2v) is 4.78. The Morgan fingerprint density at radius 2 is 2.24 bits per heavy atom. The Hall–Kier alpha value is -1.29. The van der Waals surface area contributed by atoms with E-state index in [1.165, 1.54) is 0 Å². The van der Waals surface area contributed by atoms with Crippen molar-refractivity contribution in [3.05, 3.63) is 23.3 Å². The molecule has 1 aromatic rings. The van der Waals surface area contributed by atoms with E-state index in [0.29, 0.717) is 18.9 Å². The van der Waals surface area contributed by atoms with Crippen LogP contribution in [0.4, 0.5) is 0 Å². The van der Waals surface area contributed by atoms with E-state index < -0.39 is 0 Å². The van der Waals surface area contributed by atoms with Crippen LogP contribution < -0.4 is 0 Å². The molecule has 1 unspecified atom stereocenters. The van der Waals surface area contributed by atoms with Crippen molar-refractivity contribution in [3.63, 3.8) is 0 Å². The van der Waals surface area contributed by atoms with Crippen LogP contribution in [0.1, 0.15) is 53.5 Å². The Kier molecular flexibility index (Phi) is 2.89. The first-order valence-electron chi connectivity index (χ1n) is 6.31. The van der Waals surface area contributed by atoms with Crippen LogP contribution >= 0.6 is 0 Å². The fraction of sp³-hybridized carbons (Fsp3) is 0.615. The van der Waals surface area contributed by atoms with Crippen LogP contribution in [0, 0.1) is 0 Å². The highest BCUT2D eigenvalue weighted by Crippen LogP contribution is 2.25. The summed E-state index contributed by atoms with van der Waals surface area (Å²) in [5.41, 5.74) is 1.67. The minimum Gasteiger partial charge on any atom is -0.381 e. The van der Waals surface area contributed by atoms with E-state index in [0.717, 1.165) is 49.4 Å². The van der Waals surface area contributed by atoms with Crippen LogP contribution in [0.2, 0.25) is 0 Å². The van der Waals surface area contributed by atoms with Crippen molar-refractivity contribution in [2.45, 2.75) is 38.0 Å². The number of hydrogen-bond acceptors (Lipinski definition) is 4. The third-order valence-corrected chi connectivity index (χ3v) is 3.53. The minimum atomic E-state index is 0.192. The van der Waals surface area contributed by atoms with Gasteiger partial charge in [0.2, 0.25) is 0 Å². The minimum absolute atomic E-state index is 0.192. The molecular weight excluding hydrogens is 216 g/mol. The number of Topliss-reactive ketones (excluding diaryl/α,β-unsaturated/α-hetero) is 1. The van der Waals surface area contributed by atoms with Crippen molar-refractivity contribution in [1.29, 1.82) is 0 Å². The van der Waals surface area contributed by atoms with Crippen molar-refractivity contribution in [3.8, 4) is 0 Å². The summed E-state index contributed by atoms with van der Waals surface area (Å²) in [5, 5.41) is 0. The molecule has 0 bridgehead atoms. The van der Waals surface area contributed by atoms with Crippen molar-refractivity contribution < 1.29 is 9.53 Å². The van der Waals surface area contributed by atoms with Gasteiger partial charge >= 0.3 is 0 Å². The summed E-state index contributed by atoms with van der Waals surface area (Å²) < 4.78 is 5.45. The van der Waals surface area contributed by atoms with E-state index in [4.69, 9.17) is 4.74 Å². The van der Waals surface area contributed by atoms with Crippen LogP contribution in [-0.4, -0.2) is 29.0 Å². The molecular formula is C13H16N2O2. The first-order chi connectivity index (χ1) is 8.34. The smallest absolute Gasteiger partial charge is 0.166 e. The number of carbonyl (C=O) groups excluding carboxylic acids is 1. The summed E-state index contributed by atoms with van der Waals surface area (Å²) in [5.74, 6) is 1.36. The number of aromatic nitrogens is 2. The van der Waals surface area contributed by atoms with Gasteiger partial charge in [-0.05, 0) is 25.7 Å². The van der Waals surface area contributed by atoms with E-state index >= 15 is 0 Å². The van der Waals surface area contributed by atoms with Crippen LogP contribution in [0.25, 0.3) is 0 Å². The van der Waals surface area contributed by atoms with Gasteiger partial charge in [0, 0.05) is 25.1 Å². The molecule has 0 amide bonds. The van der Waals surface area contributed by atoms with Gasteiger partial charge in [-0.25, -0.2) is 9.97 Å². The van der Waals surface area contributed by atoms with Gasteiger partial charge in [0.05, 0.1) is 17.9 Å². The molecule has 4 heteroatoms. The quantitative estimate of drug-likeness (QED) is 0.742. The molecule has 1 aliphatic heterocycles. The first-order valence-corrected chi connectivity index (χ1v) is 6.31. The van der Waals surface area contributed by atoms with Gasteiger partial charge in [-0.15, -0.1) is 0 Å². The summed E-state index contributed by atoms with van der Waals surface area (Å²) in [7, 11) is 0. The maximum absolute atomic E-state index is 11.7. The topological polar surface area (TPSA) is 52.1 Å². The standard InChI is InChI=1S/C13H16N2O2/c16-12-5-1-4-11-10(12)7-14-13(15-11)9-3-2-6-17-8-9/h7,9H,1-6,8H2. The molecule has 1 fully saturated rings. The largest absolute Gasteiger partial charge is 0.381 e. The summed E-state index contributed by atoms with van der Waals surface area (Å²) >= 11 is 0. The summed E-state index contributed by atoms with van der Waals surface area (Å²) in [6.07, 6.45) is 6.35. The van der Waals surface area contributed by atoms with E-state index in [2.05, 4.69) is 9.97 Å². The molecule has 0 aromatic carbocycles. The maximum atomic E-state index is 11.7. The molecule has 17 heavy (non-hydrogen) atoms. The zero-order valence-corrected chi connectivity index (χ0v) is 9.82. The average molecular weight is 232 g/mol. The highest BCUT2D eigenvalue weighted by Gasteiger charge is 2.23. The number of fused-ring (bicyclic) bond motifs is 1. The van der Waals surface area contributed by atoms with Crippen molar-refractivity contribution >= 4 is 5.78 Å². The van der Waals surface area contributed by atoms with Gasteiger partial charge in [0.25, 0.3) is 0 Å². The summed E-state index contributed by atoms with van der Waals surface area (Å²) in [6, 6.07) is 0. The van der Waals surface area contributed by atoms with Crippen molar-refractivity contribution in [2.75, 3.05) is 13.2 Å². The first kappa shape index (κ1) is 10.8. The van der Waals surface area contributed by atoms with Crippen LogP contribution in [0.5, 0.6) is 0 Å². The molecule has 2 aliphatic rings. The lowest BCUT2D eigenvalue weighted by Crippen LogP contribution is -2.21. The van der Waals surface area contributed by atoms with Crippen molar-refractivity contribution in [1.82, 2.24) is 9.97 Å². The monoisotopic (exact) mass is 232 g/mol. The number of hydrogen-bond donors (Lipinski definition) is 0. The van der Waals surface area contributed by atoms with Gasteiger partial charge in [-0.1, -0.05) is 0 Å². The zero-order valence-electron chi connectivity index (χ0n) is 9.82. The molecule has 2 heterocycles. The molecule has 0 radical (unpaired) electrons. The van der Waals surface area contributed by atoms with Gasteiger partial charge in [-0.2, -0.15) is 0 Å². The highest BCUT2D eigenvalue weighted by atomic mass is 16.5. The summed E-state index contributed by atoms with van der Waals surface area (Å²) in [6.45, 7) is 1.56. The Morgan fingerprint density at radius 3 is 3.06 bits per heavy atom. The molecule has 4 nitrogen and oxygen atoms in total. The molecule has 1 aromatic heterocycles. The molecule has 1 aliphatic carbocycles. The van der Waals surface area contributed by atoms with Crippen LogP contribution in [-0.2, 0) is 11.2 Å². The molecule has 90 valence electrons. The number of carbonyl (C=O) groups is 1.